The highest BCUT2D eigenvalue weighted by Gasteiger charge is 2.26. The molecule has 1 saturated heterocycles. The molecule has 7 nitrogen and oxygen atoms in total. The summed E-state index contributed by atoms with van der Waals surface area (Å²) in [6.45, 7) is 3.78. The van der Waals surface area contributed by atoms with Gasteiger partial charge in [0.2, 0.25) is 5.91 Å². The predicted octanol–water partition coefficient (Wildman–Crippen LogP) is 3.17. The van der Waals surface area contributed by atoms with Crippen LogP contribution in [0.3, 0.4) is 0 Å². The zero-order chi connectivity index (χ0) is 22.8. The average Bonchev–Trinajstić information content (AvgIpc) is 3.30. The molecule has 174 valence electrons. The van der Waals surface area contributed by atoms with Gasteiger partial charge in [0.15, 0.2) is 0 Å². The van der Waals surface area contributed by atoms with Gasteiger partial charge in [-0.3, -0.25) is 14.5 Å². The predicted molar refractivity (Wildman–Crippen MR) is 124 cm³/mol. The zero-order valence-electron chi connectivity index (χ0n) is 18.8. The highest BCUT2D eigenvalue weighted by atomic mass is 19.1. The Balaban J connectivity index is 1.20. The molecule has 0 unspecified atom stereocenters. The van der Waals surface area contributed by atoms with E-state index in [1.807, 2.05) is 4.90 Å². The van der Waals surface area contributed by atoms with Crippen molar-refractivity contribution in [1.82, 2.24) is 24.0 Å². The molecule has 2 aromatic heterocycles. The number of carbonyl (C=O) groups is 1. The third-order valence-corrected chi connectivity index (χ3v) is 7.07. The fourth-order valence-electron chi connectivity index (χ4n) is 5.12. The minimum absolute atomic E-state index is 0.102. The van der Waals surface area contributed by atoms with Crippen molar-refractivity contribution in [2.45, 2.75) is 51.1 Å². The van der Waals surface area contributed by atoms with E-state index in [-0.39, 0.29) is 17.3 Å². The molecule has 2 aliphatic rings. The summed E-state index contributed by atoms with van der Waals surface area (Å²) < 4.78 is 16.3. The molecule has 33 heavy (non-hydrogen) atoms. The molecule has 5 rings (SSSR count). The maximum atomic E-state index is 13.2. The third-order valence-electron chi connectivity index (χ3n) is 7.07. The van der Waals surface area contributed by atoms with Crippen LogP contribution in [0.1, 0.15) is 38.5 Å². The number of carbonyl (C=O) groups excluding carboxylic acids is 1. The summed E-state index contributed by atoms with van der Waals surface area (Å²) in [7, 11) is 0. The Morgan fingerprint density at radius 2 is 1.73 bits per heavy atom. The van der Waals surface area contributed by atoms with Gasteiger partial charge in [0.05, 0.1) is 5.69 Å². The first-order chi connectivity index (χ1) is 16.1. The standard InChI is InChI=1S/C25H30FN5O2/c26-20-8-6-19(7-9-20)22-18-23-25(33)30(16-17-31(23)27-22)11-10-24(32)29-14-12-28(13-15-29)21-4-2-1-3-5-21/h6-9,16-18,21H,1-5,10-15H2. The van der Waals surface area contributed by atoms with Crippen molar-refractivity contribution in [2.24, 2.45) is 0 Å². The molecule has 3 heterocycles. The van der Waals surface area contributed by atoms with E-state index in [1.54, 1.807) is 35.2 Å². The van der Waals surface area contributed by atoms with Crippen molar-refractivity contribution in [3.8, 4) is 11.3 Å². The fraction of sp³-hybridized carbons (Fsp3) is 0.480. The molecule has 1 saturated carbocycles. The highest BCUT2D eigenvalue weighted by molar-refractivity contribution is 5.76. The first kappa shape index (κ1) is 21.8. The molecule has 2 fully saturated rings. The Morgan fingerprint density at radius 1 is 1.00 bits per heavy atom. The van der Waals surface area contributed by atoms with Gasteiger partial charge < -0.3 is 9.47 Å². The molecule has 1 aromatic carbocycles. The Hall–Kier alpha value is -3.00. The molecule has 0 spiro atoms. The summed E-state index contributed by atoms with van der Waals surface area (Å²) in [6, 6.07) is 8.43. The summed E-state index contributed by atoms with van der Waals surface area (Å²) >= 11 is 0. The molecule has 0 atom stereocenters. The Labute approximate surface area is 192 Å². The third kappa shape index (κ3) is 4.71. The van der Waals surface area contributed by atoms with E-state index in [2.05, 4.69) is 10.00 Å². The quantitative estimate of drug-likeness (QED) is 0.598. The topological polar surface area (TPSA) is 62.9 Å². The van der Waals surface area contributed by atoms with Gasteiger partial charge in [-0.15, -0.1) is 0 Å². The van der Waals surface area contributed by atoms with Crippen LogP contribution in [-0.2, 0) is 11.3 Å². The Morgan fingerprint density at radius 3 is 2.45 bits per heavy atom. The first-order valence-corrected chi connectivity index (χ1v) is 11.9. The summed E-state index contributed by atoms with van der Waals surface area (Å²) in [5.74, 6) is -0.212. The van der Waals surface area contributed by atoms with E-state index in [0.29, 0.717) is 30.2 Å². The molecule has 1 aliphatic heterocycles. The summed E-state index contributed by atoms with van der Waals surface area (Å²) in [5.41, 5.74) is 1.60. The van der Waals surface area contributed by atoms with Gasteiger partial charge in [-0.1, -0.05) is 19.3 Å². The van der Waals surface area contributed by atoms with Crippen molar-refractivity contribution in [1.29, 1.82) is 0 Å². The fourth-order valence-corrected chi connectivity index (χ4v) is 5.12. The number of hydrogen-bond acceptors (Lipinski definition) is 4. The molecular weight excluding hydrogens is 421 g/mol. The number of benzene rings is 1. The monoisotopic (exact) mass is 451 g/mol. The molecule has 0 radical (unpaired) electrons. The number of aromatic nitrogens is 3. The first-order valence-electron chi connectivity index (χ1n) is 11.9. The van der Waals surface area contributed by atoms with Gasteiger partial charge >= 0.3 is 0 Å². The molecule has 3 aromatic rings. The Kier molecular flexibility index (Phi) is 6.26. The molecular formula is C25H30FN5O2. The number of aryl methyl sites for hydroxylation is 1. The number of hydrogen-bond donors (Lipinski definition) is 0. The SMILES string of the molecule is O=C(CCn1ccn2nc(-c3ccc(F)cc3)cc2c1=O)N1CCN(C2CCCCC2)CC1. The van der Waals surface area contributed by atoms with Gasteiger partial charge in [0.1, 0.15) is 11.3 Å². The molecule has 8 heteroatoms. The second kappa shape index (κ2) is 9.47. The van der Waals surface area contributed by atoms with Gasteiger partial charge in [-0.05, 0) is 43.2 Å². The van der Waals surface area contributed by atoms with E-state index in [0.717, 1.165) is 31.7 Å². The number of rotatable bonds is 5. The van der Waals surface area contributed by atoms with E-state index in [1.165, 1.54) is 48.8 Å². The van der Waals surface area contributed by atoms with Crippen LogP contribution < -0.4 is 5.56 Å². The molecule has 0 bridgehead atoms. The van der Waals surface area contributed by atoms with Crippen molar-refractivity contribution in [3.05, 3.63) is 58.9 Å². The summed E-state index contributed by atoms with van der Waals surface area (Å²) in [5, 5.41) is 4.43. The van der Waals surface area contributed by atoms with Gasteiger partial charge in [-0.2, -0.15) is 5.10 Å². The van der Waals surface area contributed by atoms with Crippen LogP contribution >= 0.6 is 0 Å². The van der Waals surface area contributed by atoms with Crippen LogP contribution in [-0.4, -0.2) is 62.1 Å². The molecule has 1 amide bonds. The lowest BCUT2D eigenvalue weighted by atomic mass is 9.94. The largest absolute Gasteiger partial charge is 0.340 e. The molecule has 0 N–H and O–H groups in total. The highest BCUT2D eigenvalue weighted by Crippen LogP contribution is 2.23. The number of halogens is 1. The van der Waals surface area contributed by atoms with Crippen molar-refractivity contribution in [3.63, 3.8) is 0 Å². The Bertz CT molecular complexity index is 1170. The van der Waals surface area contributed by atoms with E-state index < -0.39 is 0 Å². The molecule has 1 aliphatic carbocycles. The maximum absolute atomic E-state index is 13.2. The number of amides is 1. The van der Waals surface area contributed by atoms with Crippen LogP contribution in [0.2, 0.25) is 0 Å². The second-order valence-electron chi connectivity index (χ2n) is 9.12. The van der Waals surface area contributed by atoms with Crippen LogP contribution in [0.15, 0.2) is 47.5 Å². The second-order valence-corrected chi connectivity index (χ2v) is 9.12. The lowest BCUT2D eigenvalue weighted by Crippen LogP contribution is -2.52. The number of nitrogens with zero attached hydrogens (tertiary/aromatic N) is 5. The van der Waals surface area contributed by atoms with Gasteiger partial charge in [0, 0.05) is 63.1 Å². The number of fused-ring (bicyclic) bond motifs is 1. The zero-order valence-corrected chi connectivity index (χ0v) is 18.8. The van der Waals surface area contributed by atoms with Crippen molar-refractivity contribution in [2.75, 3.05) is 26.2 Å². The van der Waals surface area contributed by atoms with Crippen molar-refractivity contribution >= 4 is 11.4 Å². The van der Waals surface area contributed by atoms with Gasteiger partial charge in [-0.25, -0.2) is 8.91 Å². The van der Waals surface area contributed by atoms with Crippen LogP contribution in [0.25, 0.3) is 16.8 Å². The smallest absolute Gasteiger partial charge is 0.276 e. The lowest BCUT2D eigenvalue weighted by Gasteiger charge is -2.40. The van der Waals surface area contributed by atoms with Crippen LogP contribution in [0, 0.1) is 5.82 Å². The van der Waals surface area contributed by atoms with Crippen LogP contribution in [0.5, 0.6) is 0 Å². The minimum atomic E-state index is -0.315. The summed E-state index contributed by atoms with van der Waals surface area (Å²) in [4.78, 5) is 30.2. The minimum Gasteiger partial charge on any atom is -0.340 e. The van der Waals surface area contributed by atoms with E-state index >= 15 is 0 Å². The van der Waals surface area contributed by atoms with E-state index in [9.17, 15) is 14.0 Å². The lowest BCUT2D eigenvalue weighted by molar-refractivity contribution is -0.133. The maximum Gasteiger partial charge on any atom is 0.276 e. The van der Waals surface area contributed by atoms with Gasteiger partial charge in [0.25, 0.3) is 5.56 Å². The number of piperazine rings is 1. The van der Waals surface area contributed by atoms with Crippen molar-refractivity contribution < 1.29 is 9.18 Å². The van der Waals surface area contributed by atoms with Crippen LogP contribution in [0.4, 0.5) is 4.39 Å². The average molecular weight is 452 g/mol. The normalized spacial score (nSPS) is 18.2. The van der Waals surface area contributed by atoms with E-state index in [4.69, 9.17) is 0 Å². The summed E-state index contributed by atoms with van der Waals surface area (Å²) in [6.07, 6.45) is 10.3.